The average Bonchev–Trinajstić information content (AvgIpc) is 2.56. The third-order valence-electron chi connectivity index (χ3n) is 3.22. The predicted molar refractivity (Wildman–Crippen MR) is 78.1 cm³/mol. The SMILES string of the molecule is COc1cccc(C(O)c2ncccc2C(OC)OC)c1. The smallest absolute Gasteiger partial charge is 0.184 e. The highest BCUT2D eigenvalue weighted by Gasteiger charge is 2.21. The predicted octanol–water partition coefficient (Wildman–Crippen LogP) is 2.46. The fraction of sp³-hybridized carbons (Fsp3) is 0.312. The Morgan fingerprint density at radius 2 is 1.81 bits per heavy atom. The number of ether oxygens (including phenoxy) is 3. The maximum Gasteiger partial charge on any atom is 0.184 e. The molecule has 1 aromatic carbocycles. The van der Waals surface area contributed by atoms with Crippen LogP contribution in [0.4, 0.5) is 0 Å². The Hall–Kier alpha value is -1.95. The van der Waals surface area contributed by atoms with Crippen LogP contribution in [0.2, 0.25) is 0 Å². The molecular weight excluding hydrogens is 270 g/mol. The molecule has 1 heterocycles. The average molecular weight is 289 g/mol. The Kier molecular flexibility index (Phi) is 5.27. The minimum Gasteiger partial charge on any atom is -0.497 e. The summed E-state index contributed by atoms with van der Waals surface area (Å²) in [5, 5.41) is 10.6. The molecule has 0 aliphatic rings. The molecule has 0 aliphatic heterocycles. The summed E-state index contributed by atoms with van der Waals surface area (Å²) in [4.78, 5) is 4.28. The summed E-state index contributed by atoms with van der Waals surface area (Å²) in [6.45, 7) is 0. The first-order valence-electron chi connectivity index (χ1n) is 6.53. The molecule has 2 rings (SSSR count). The topological polar surface area (TPSA) is 60.8 Å². The van der Waals surface area contributed by atoms with Crippen molar-refractivity contribution in [3.63, 3.8) is 0 Å². The number of aliphatic hydroxyl groups excluding tert-OH is 1. The van der Waals surface area contributed by atoms with Crippen molar-refractivity contribution in [2.24, 2.45) is 0 Å². The number of pyridine rings is 1. The molecule has 5 nitrogen and oxygen atoms in total. The van der Waals surface area contributed by atoms with E-state index in [0.717, 1.165) is 0 Å². The number of hydrogen-bond donors (Lipinski definition) is 1. The lowest BCUT2D eigenvalue weighted by Crippen LogP contribution is -2.12. The van der Waals surface area contributed by atoms with E-state index in [2.05, 4.69) is 4.98 Å². The Balaban J connectivity index is 2.40. The van der Waals surface area contributed by atoms with E-state index in [9.17, 15) is 5.11 Å². The summed E-state index contributed by atoms with van der Waals surface area (Å²) in [6, 6.07) is 10.8. The van der Waals surface area contributed by atoms with E-state index in [1.54, 1.807) is 39.7 Å². The molecule has 21 heavy (non-hydrogen) atoms. The number of methoxy groups -OCH3 is 3. The van der Waals surface area contributed by atoms with Crippen LogP contribution in [-0.2, 0) is 9.47 Å². The molecule has 0 saturated heterocycles. The Morgan fingerprint density at radius 3 is 2.48 bits per heavy atom. The van der Waals surface area contributed by atoms with Crippen LogP contribution < -0.4 is 4.74 Å². The Morgan fingerprint density at radius 1 is 1.05 bits per heavy atom. The summed E-state index contributed by atoms with van der Waals surface area (Å²) in [6.07, 6.45) is 0.169. The van der Waals surface area contributed by atoms with E-state index in [1.807, 2.05) is 24.3 Å². The summed E-state index contributed by atoms with van der Waals surface area (Å²) in [5.41, 5.74) is 1.89. The maximum atomic E-state index is 10.6. The van der Waals surface area contributed by atoms with E-state index in [1.165, 1.54) is 0 Å². The Bertz CT molecular complexity index is 584. The number of rotatable bonds is 6. The molecule has 2 aromatic rings. The second-order valence-corrected chi connectivity index (χ2v) is 4.46. The highest BCUT2D eigenvalue weighted by atomic mass is 16.7. The van der Waals surface area contributed by atoms with Crippen molar-refractivity contribution in [1.29, 1.82) is 0 Å². The van der Waals surface area contributed by atoms with Crippen LogP contribution in [0.5, 0.6) is 5.75 Å². The zero-order valence-electron chi connectivity index (χ0n) is 12.3. The van der Waals surface area contributed by atoms with Crippen molar-refractivity contribution < 1.29 is 19.3 Å². The number of aliphatic hydroxyl groups is 1. The molecular formula is C16H19NO4. The molecule has 0 fully saturated rings. The fourth-order valence-corrected chi connectivity index (χ4v) is 2.18. The lowest BCUT2D eigenvalue weighted by molar-refractivity contribution is -0.107. The van der Waals surface area contributed by atoms with E-state index in [4.69, 9.17) is 14.2 Å². The third kappa shape index (κ3) is 3.39. The molecule has 0 bridgehead atoms. The number of nitrogens with zero attached hydrogens (tertiary/aromatic N) is 1. The largest absolute Gasteiger partial charge is 0.497 e. The molecule has 1 N–H and O–H groups in total. The first kappa shape index (κ1) is 15.4. The molecule has 0 amide bonds. The van der Waals surface area contributed by atoms with Gasteiger partial charge < -0.3 is 19.3 Å². The molecule has 1 atom stereocenters. The van der Waals surface area contributed by atoms with Crippen LogP contribution in [0.3, 0.4) is 0 Å². The van der Waals surface area contributed by atoms with Crippen molar-refractivity contribution >= 4 is 0 Å². The summed E-state index contributed by atoms with van der Waals surface area (Å²) < 4.78 is 15.7. The van der Waals surface area contributed by atoms with Gasteiger partial charge in [0.05, 0.1) is 12.8 Å². The normalized spacial score (nSPS) is 12.4. The lowest BCUT2D eigenvalue weighted by atomic mass is 10.0. The first-order valence-corrected chi connectivity index (χ1v) is 6.53. The lowest BCUT2D eigenvalue weighted by Gasteiger charge is -2.20. The summed E-state index contributed by atoms with van der Waals surface area (Å²) in [5.74, 6) is 0.680. The first-order chi connectivity index (χ1) is 10.2. The van der Waals surface area contributed by atoms with Crippen molar-refractivity contribution in [3.05, 3.63) is 59.4 Å². The van der Waals surface area contributed by atoms with Gasteiger partial charge in [-0.15, -0.1) is 0 Å². The Labute approximate surface area is 124 Å². The zero-order valence-corrected chi connectivity index (χ0v) is 12.3. The molecule has 112 valence electrons. The third-order valence-corrected chi connectivity index (χ3v) is 3.22. The van der Waals surface area contributed by atoms with Crippen molar-refractivity contribution in [2.75, 3.05) is 21.3 Å². The minimum absolute atomic E-state index is 0.499. The second kappa shape index (κ2) is 7.17. The van der Waals surface area contributed by atoms with Gasteiger partial charge in [-0.1, -0.05) is 18.2 Å². The molecule has 0 aliphatic carbocycles. The van der Waals surface area contributed by atoms with Gasteiger partial charge in [-0.2, -0.15) is 0 Å². The van der Waals surface area contributed by atoms with Crippen molar-refractivity contribution in [1.82, 2.24) is 4.98 Å². The van der Waals surface area contributed by atoms with Gasteiger partial charge in [0.25, 0.3) is 0 Å². The van der Waals surface area contributed by atoms with Gasteiger partial charge in [0.2, 0.25) is 0 Å². The van der Waals surface area contributed by atoms with Gasteiger partial charge >= 0.3 is 0 Å². The van der Waals surface area contributed by atoms with E-state index in [0.29, 0.717) is 22.6 Å². The van der Waals surface area contributed by atoms with E-state index < -0.39 is 12.4 Å². The molecule has 1 unspecified atom stereocenters. The molecule has 1 aromatic heterocycles. The van der Waals surface area contributed by atoms with Crippen LogP contribution in [0.15, 0.2) is 42.6 Å². The summed E-state index contributed by atoms with van der Waals surface area (Å²) in [7, 11) is 4.68. The molecule has 0 radical (unpaired) electrons. The van der Waals surface area contributed by atoms with E-state index >= 15 is 0 Å². The molecule has 5 heteroatoms. The highest BCUT2D eigenvalue weighted by molar-refractivity contribution is 5.36. The van der Waals surface area contributed by atoms with Gasteiger partial charge in [-0.25, -0.2) is 0 Å². The van der Waals surface area contributed by atoms with Gasteiger partial charge in [0.15, 0.2) is 6.29 Å². The minimum atomic E-state index is -0.885. The molecule has 0 saturated carbocycles. The van der Waals surface area contributed by atoms with Gasteiger partial charge in [-0.3, -0.25) is 4.98 Å². The van der Waals surface area contributed by atoms with Crippen molar-refractivity contribution in [2.45, 2.75) is 12.4 Å². The summed E-state index contributed by atoms with van der Waals surface area (Å²) >= 11 is 0. The monoisotopic (exact) mass is 289 g/mol. The van der Waals surface area contributed by atoms with Crippen LogP contribution in [0, 0.1) is 0 Å². The van der Waals surface area contributed by atoms with Gasteiger partial charge in [0, 0.05) is 26.0 Å². The highest BCUT2D eigenvalue weighted by Crippen LogP contribution is 2.30. The van der Waals surface area contributed by atoms with E-state index in [-0.39, 0.29) is 0 Å². The number of aromatic nitrogens is 1. The van der Waals surface area contributed by atoms with Crippen LogP contribution >= 0.6 is 0 Å². The standard InChI is InChI=1S/C16H19NO4/c1-19-12-7-4-6-11(10-12)15(18)14-13(8-5-9-17-14)16(20-2)21-3/h4-10,15-16,18H,1-3H3. The van der Waals surface area contributed by atoms with Crippen molar-refractivity contribution in [3.8, 4) is 5.75 Å². The maximum absolute atomic E-state index is 10.6. The quantitative estimate of drug-likeness (QED) is 0.828. The second-order valence-electron chi connectivity index (χ2n) is 4.46. The van der Waals surface area contributed by atoms with Gasteiger partial charge in [-0.05, 0) is 23.8 Å². The number of hydrogen-bond acceptors (Lipinski definition) is 5. The van der Waals surface area contributed by atoms with Crippen LogP contribution in [0.25, 0.3) is 0 Å². The number of benzene rings is 1. The fourth-order valence-electron chi connectivity index (χ4n) is 2.18. The van der Waals surface area contributed by atoms with Crippen LogP contribution in [0.1, 0.15) is 29.2 Å². The zero-order chi connectivity index (χ0) is 15.2. The van der Waals surface area contributed by atoms with Crippen LogP contribution in [-0.4, -0.2) is 31.4 Å². The van der Waals surface area contributed by atoms with Gasteiger partial charge in [0.1, 0.15) is 11.9 Å². The molecule has 0 spiro atoms.